The summed E-state index contributed by atoms with van der Waals surface area (Å²) in [5.41, 5.74) is 5.57. The molecule has 3 nitrogen and oxygen atoms in total. The van der Waals surface area contributed by atoms with Crippen LogP contribution in [0.4, 0.5) is 4.39 Å². The molecule has 1 aromatic rings. The Balaban J connectivity index is 2.28. The van der Waals surface area contributed by atoms with Crippen LogP contribution in [0.2, 0.25) is 0 Å². The van der Waals surface area contributed by atoms with Gasteiger partial charge in [-0.15, -0.1) is 0 Å². The summed E-state index contributed by atoms with van der Waals surface area (Å²) < 4.78 is 18.4. The Morgan fingerprint density at radius 2 is 2.12 bits per heavy atom. The normalized spacial score (nSPS) is 18.9. The van der Waals surface area contributed by atoms with Gasteiger partial charge in [0, 0.05) is 25.3 Å². The molecule has 4 heteroatoms. The third-order valence-electron chi connectivity index (χ3n) is 3.41. The zero-order valence-electron chi connectivity index (χ0n) is 9.62. The van der Waals surface area contributed by atoms with Crippen molar-refractivity contribution < 1.29 is 13.9 Å². The third kappa shape index (κ3) is 2.37. The molecule has 1 aliphatic rings. The van der Waals surface area contributed by atoms with E-state index in [1.165, 1.54) is 12.1 Å². The molecule has 0 aromatic heterocycles. The molecular formula is C13H16FNO2. The Kier molecular flexibility index (Phi) is 3.54. The topological polar surface area (TPSA) is 52.3 Å². The van der Waals surface area contributed by atoms with E-state index in [1.54, 1.807) is 12.1 Å². The lowest BCUT2D eigenvalue weighted by atomic mass is 9.74. The van der Waals surface area contributed by atoms with Gasteiger partial charge in [-0.25, -0.2) is 4.39 Å². The molecular weight excluding hydrogens is 221 g/mol. The van der Waals surface area contributed by atoms with Crippen molar-refractivity contribution in [3.05, 3.63) is 35.6 Å². The quantitative estimate of drug-likeness (QED) is 0.815. The van der Waals surface area contributed by atoms with E-state index in [0.29, 0.717) is 31.6 Å². The van der Waals surface area contributed by atoms with Crippen molar-refractivity contribution in [2.45, 2.75) is 12.8 Å². The van der Waals surface area contributed by atoms with Crippen LogP contribution >= 0.6 is 0 Å². The van der Waals surface area contributed by atoms with E-state index in [9.17, 15) is 9.18 Å². The van der Waals surface area contributed by atoms with E-state index in [2.05, 4.69) is 0 Å². The maximum absolute atomic E-state index is 13.1. The van der Waals surface area contributed by atoms with Crippen molar-refractivity contribution in [3.63, 3.8) is 0 Å². The van der Waals surface area contributed by atoms with Gasteiger partial charge in [0.05, 0.1) is 5.41 Å². The molecule has 2 N–H and O–H groups in total. The zero-order valence-corrected chi connectivity index (χ0v) is 9.62. The number of ether oxygens (including phenoxy) is 1. The van der Waals surface area contributed by atoms with Crippen molar-refractivity contribution in [2.75, 3.05) is 19.8 Å². The first kappa shape index (κ1) is 12.2. The molecule has 0 atom stereocenters. The molecule has 1 aliphatic heterocycles. The van der Waals surface area contributed by atoms with Crippen LogP contribution in [0.1, 0.15) is 23.2 Å². The molecule has 0 saturated carbocycles. The number of halogens is 1. The molecule has 2 rings (SSSR count). The highest BCUT2D eigenvalue weighted by Crippen LogP contribution is 2.33. The molecule has 1 saturated heterocycles. The van der Waals surface area contributed by atoms with E-state index in [-0.39, 0.29) is 12.3 Å². The summed E-state index contributed by atoms with van der Waals surface area (Å²) in [4.78, 5) is 12.4. The van der Waals surface area contributed by atoms with Crippen LogP contribution in [0.5, 0.6) is 0 Å². The number of rotatable bonds is 3. The van der Waals surface area contributed by atoms with Crippen LogP contribution in [0.25, 0.3) is 0 Å². The molecule has 17 heavy (non-hydrogen) atoms. The summed E-state index contributed by atoms with van der Waals surface area (Å²) in [5, 5.41) is 0. The first-order valence-corrected chi connectivity index (χ1v) is 5.76. The van der Waals surface area contributed by atoms with Gasteiger partial charge in [0.2, 0.25) is 0 Å². The SMILES string of the molecule is NCC1(C(=O)c2cccc(F)c2)CCOCC1. The lowest BCUT2D eigenvalue weighted by molar-refractivity contribution is 0.0200. The van der Waals surface area contributed by atoms with Crippen molar-refractivity contribution in [1.29, 1.82) is 0 Å². The summed E-state index contributed by atoms with van der Waals surface area (Å²) >= 11 is 0. The van der Waals surface area contributed by atoms with Gasteiger partial charge in [0.25, 0.3) is 0 Å². The molecule has 0 unspecified atom stereocenters. The first-order chi connectivity index (χ1) is 8.18. The minimum atomic E-state index is -0.577. The second-order valence-corrected chi connectivity index (χ2v) is 4.44. The number of carbonyl (C=O) groups excluding carboxylic acids is 1. The summed E-state index contributed by atoms with van der Waals surface area (Å²) in [6, 6.07) is 5.79. The summed E-state index contributed by atoms with van der Waals surface area (Å²) in [6.45, 7) is 1.36. The van der Waals surface area contributed by atoms with Crippen LogP contribution in [-0.2, 0) is 4.74 Å². The molecule has 0 radical (unpaired) electrons. The molecule has 0 amide bonds. The zero-order chi connectivity index (χ0) is 12.3. The fourth-order valence-electron chi connectivity index (χ4n) is 2.22. The summed E-state index contributed by atoms with van der Waals surface area (Å²) in [7, 11) is 0. The number of hydrogen-bond acceptors (Lipinski definition) is 3. The van der Waals surface area contributed by atoms with E-state index in [4.69, 9.17) is 10.5 Å². The van der Waals surface area contributed by atoms with Gasteiger partial charge in [0.1, 0.15) is 5.82 Å². The average molecular weight is 237 g/mol. The van der Waals surface area contributed by atoms with E-state index in [0.717, 1.165) is 0 Å². The molecule has 0 aliphatic carbocycles. The number of hydrogen-bond donors (Lipinski definition) is 1. The Labute approximate surface area is 99.8 Å². The Morgan fingerprint density at radius 3 is 2.71 bits per heavy atom. The standard InChI is InChI=1S/C13H16FNO2/c14-11-3-1-2-10(8-11)12(16)13(9-15)4-6-17-7-5-13/h1-3,8H,4-7,9,15H2. The highest BCUT2D eigenvalue weighted by molar-refractivity contribution is 6.00. The molecule has 0 bridgehead atoms. The van der Waals surface area contributed by atoms with E-state index >= 15 is 0 Å². The van der Waals surface area contributed by atoms with Crippen molar-refractivity contribution in [3.8, 4) is 0 Å². The van der Waals surface area contributed by atoms with Crippen LogP contribution in [0, 0.1) is 11.2 Å². The minimum absolute atomic E-state index is 0.0669. The van der Waals surface area contributed by atoms with Gasteiger partial charge >= 0.3 is 0 Å². The Morgan fingerprint density at radius 1 is 1.41 bits per heavy atom. The summed E-state index contributed by atoms with van der Waals surface area (Å²) in [6.07, 6.45) is 1.22. The first-order valence-electron chi connectivity index (χ1n) is 5.76. The molecule has 92 valence electrons. The predicted molar refractivity (Wildman–Crippen MR) is 62.3 cm³/mol. The Bertz CT molecular complexity index is 414. The monoisotopic (exact) mass is 237 g/mol. The largest absolute Gasteiger partial charge is 0.381 e. The number of carbonyl (C=O) groups is 1. The van der Waals surface area contributed by atoms with Crippen molar-refractivity contribution in [2.24, 2.45) is 11.1 Å². The smallest absolute Gasteiger partial charge is 0.170 e. The Hall–Kier alpha value is -1.26. The number of Topliss-reactive ketones (excluding diaryl/α,β-unsaturated/α-hetero) is 1. The predicted octanol–water partition coefficient (Wildman–Crippen LogP) is 1.76. The summed E-state index contributed by atoms with van der Waals surface area (Å²) in [5.74, 6) is -0.460. The average Bonchev–Trinajstić information content (AvgIpc) is 2.38. The van der Waals surface area contributed by atoms with E-state index in [1.807, 2.05) is 0 Å². The molecule has 1 fully saturated rings. The van der Waals surface area contributed by atoms with Crippen LogP contribution in [0.3, 0.4) is 0 Å². The van der Waals surface area contributed by atoms with Gasteiger partial charge in [-0.2, -0.15) is 0 Å². The molecule has 1 aromatic carbocycles. The molecule has 0 spiro atoms. The third-order valence-corrected chi connectivity index (χ3v) is 3.41. The number of benzene rings is 1. The van der Waals surface area contributed by atoms with Crippen molar-refractivity contribution in [1.82, 2.24) is 0 Å². The highest BCUT2D eigenvalue weighted by Gasteiger charge is 2.39. The highest BCUT2D eigenvalue weighted by atomic mass is 19.1. The van der Waals surface area contributed by atoms with Crippen molar-refractivity contribution >= 4 is 5.78 Å². The van der Waals surface area contributed by atoms with Gasteiger partial charge in [-0.05, 0) is 25.0 Å². The lowest BCUT2D eigenvalue weighted by Gasteiger charge is -2.34. The van der Waals surface area contributed by atoms with Gasteiger partial charge in [-0.1, -0.05) is 12.1 Å². The second-order valence-electron chi connectivity index (χ2n) is 4.44. The van der Waals surface area contributed by atoms with Gasteiger partial charge in [-0.3, -0.25) is 4.79 Å². The molecule has 1 heterocycles. The number of ketones is 1. The maximum Gasteiger partial charge on any atom is 0.170 e. The van der Waals surface area contributed by atoms with Crippen LogP contribution in [0.15, 0.2) is 24.3 Å². The maximum atomic E-state index is 13.1. The van der Waals surface area contributed by atoms with Crippen LogP contribution in [-0.4, -0.2) is 25.5 Å². The van der Waals surface area contributed by atoms with E-state index < -0.39 is 11.2 Å². The minimum Gasteiger partial charge on any atom is -0.381 e. The van der Waals surface area contributed by atoms with Gasteiger partial charge in [0.15, 0.2) is 5.78 Å². The van der Waals surface area contributed by atoms with Gasteiger partial charge < -0.3 is 10.5 Å². The van der Waals surface area contributed by atoms with Crippen LogP contribution < -0.4 is 5.73 Å². The fraction of sp³-hybridized carbons (Fsp3) is 0.462. The second kappa shape index (κ2) is 4.94. The fourth-order valence-corrected chi connectivity index (χ4v) is 2.22. The number of nitrogens with two attached hydrogens (primary N) is 1. The lowest BCUT2D eigenvalue weighted by Crippen LogP contribution is -2.43.